The number of rotatable bonds is 5. The number of benzene rings is 8. The van der Waals surface area contributed by atoms with E-state index in [4.69, 9.17) is 4.42 Å². The zero-order chi connectivity index (χ0) is 33.0. The van der Waals surface area contributed by atoms with Gasteiger partial charge in [-0.25, -0.2) is 0 Å². The first-order valence-electron chi connectivity index (χ1n) is 16.9. The van der Waals surface area contributed by atoms with Gasteiger partial charge in [-0.3, -0.25) is 4.98 Å². The SMILES string of the molecule is c1ccc(N(c2ccc(-c3cccc4ccccc34)cc2)c2cc3c4ccccc4oc3c3cnccc23)c(-c2ccc3ccccc3c2)c1. The van der Waals surface area contributed by atoms with Crippen molar-refractivity contribution >= 4 is 71.3 Å². The summed E-state index contributed by atoms with van der Waals surface area (Å²) < 4.78 is 6.49. The van der Waals surface area contributed by atoms with Gasteiger partial charge in [0, 0.05) is 45.2 Å². The van der Waals surface area contributed by atoms with E-state index >= 15 is 0 Å². The molecule has 0 aliphatic rings. The Kier molecular flexibility index (Phi) is 6.49. The summed E-state index contributed by atoms with van der Waals surface area (Å²) in [7, 11) is 0. The second kappa shape index (κ2) is 11.5. The van der Waals surface area contributed by atoms with Gasteiger partial charge < -0.3 is 9.32 Å². The van der Waals surface area contributed by atoms with E-state index in [-0.39, 0.29) is 0 Å². The lowest BCUT2D eigenvalue weighted by molar-refractivity contribution is 0.672. The van der Waals surface area contributed by atoms with Gasteiger partial charge in [0.15, 0.2) is 0 Å². The molecule has 0 unspecified atom stereocenters. The Balaban J connectivity index is 1.24. The molecule has 8 aromatic carbocycles. The molecular formula is C47H30N2O. The van der Waals surface area contributed by atoms with Gasteiger partial charge in [0.1, 0.15) is 11.2 Å². The first-order chi connectivity index (χ1) is 24.8. The van der Waals surface area contributed by atoms with Crippen LogP contribution in [0.2, 0.25) is 0 Å². The maximum Gasteiger partial charge on any atom is 0.144 e. The van der Waals surface area contributed by atoms with Crippen molar-refractivity contribution in [3.63, 3.8) is 0 Å². The molecule has 3 nitrogen and oxygen atoms in total. The Morgan fingerprint density at radius 1 is 0.420 bits per heavy atom. The molecule has 0 bridgehead atoms. The lowest BCUT2D eigenvalue weighted by Gasteiger charge is -2.29. The van der Waals surface area contributed by atoms with Crippen molar-refractivity contribution in [1.82, 2.24) is 4.98 Å². The number of hydrogen-bond donors (Lipinski definition) is 0. The van der Waals surface area contributed by atoms with Crippen LogP contribution in [0.4, 0.5) is 17.1 Å². The minimum Gasteiger partial charge on any atom is -0.455 e. The molecule has 10 rings (SSSR count). The van der Waals surface area contributed by atoms with Gasteiger partial charge in [0.25, 0.3) is 0 Å². The number of aromatic nitrogens is 1. The van der Waals surface area contributed by atoms with Crippen molar-refractivity contribution in [3.05, 3.63) is 182 Å². The van der Waals surface area contributed by atoms with Crippen LogP contribution >= 0.6 is 0 Å². The molecule has 0 N–H and O–H groups in total. The number of hydrogen-bond acceptors (Lipinski definition) is 3. The molecule has 10 aromatic rings. The highest BCUT2D eigenvalue weighted by Crippen LogP contribution is 2.47. The predicted molar refractivity (Wildman–Crippen MR) is 210 cm³/mol. The van der Waals surface area contributed by atoms with Crippen LogP contribution in [0.25, 0.3) is 76.5 Å². The van der Waals surface area contributed by atoms with Crippen LogP contribution in [0.5, 0.6) is 0 Å². The topological polar surface area (TPSA) is 29.3 Å². The Labute approximate surface area is 289 Å². The van der Waals surface area contributed by atoms with E-state index in [0.717, 1.165) is 60.9 Å². The molecular weight excluding hydrogens is 609 g/mol. The molecule has 2 aromatic heterocycles. The molecule has 50 heavy (non-hydrogen) atoms. The summed E-state index contributed by atoms with van der Waals surface area (Å²) in [5.74, 6) is 0. The van der Waals surface area contributed by atoms with Gasteiger partial charge in [-0.15, -0.1) is 0 Å². The molecule has 0 fully saturated rings. The molecule has 2 heterocycles. The molecule has 0 spiro atoms. The van der Waals surface area contributed by atoms with Gasteiger partial charge >= 0.3 is 0 Å². The van der Waals surface area contributed by atoms with Crippen LogP contribution in [-0.2, 0) is 0 Å². The van der Waals surface area contributed by atoms with E-state index in [1.807, 2.05) is 24.5 Å². The third kappa shape index (κ3) is 4.56. The van der Waals surface area contributed by atoms with Crippen LogP contribution in [-0.4, -0.2) is 4.98 Å². The summed E-state index contributed by atoms with van der Waals surface area (Å²) in [6, 6.07) is 60.8. The molecule has 0 saturated heterocycles. The van der Waals surface area contributed by atoms with E-state index in [1.165, 1.54) is 32.7 Å². The fraction of sp³-hybridized carbons (Fsp3) is 0. The number of anilines is 3. The fourth-order valence-corrected chi connectivity index (χ4v) is 7.55. The van der Waals surface area contributed by atoms with Gasteiger partial charge in [-0.2, -0.15) is 0 Å². The smallest absolute Gasteiger partial charge is 0.144 e. The number of furan rings is 1. The predicted octanol–water partition coefficient (Wildman–Crippen LogP) is 13.2. The zero-order valence-electron chi connectivity index (χ0n) is 27.1. The first-order valence-corrected chi connectivity index (χ1v) is 16.9. The number of nitrogens with zero attached hydrogens (tertiary/aromatic N) is 2. The maximum atomic E-state index is 6.49. The van der Waals surface area contributed by atoms with Gasteiger partial charge in [0.05, 0.1) is 11.4 Å². The molecule has 0 saturated carbocycles. The van der Waals surface area contributed by atoms with Crippen LogP contribution in [0.1, 0.15) is 0 Å². The highest BCUT2D eigenvalue weighted by atomic mass is 16.3. The van der Waals surface area contributed by atoms with Crippen molar-refractivity contribution in [1.29, 1.82) is 0 Å². The van der Waals surface area contributed by atoms with Crippen molar-refractivity contribution in [2.75, 3.05) is 4.90 Å². The first kappa shape index (κ1) is 28.3. The Morgan fingerprint density at radius 2 is 1.12 bits per heavy atom. The fourth-order valence-electron chi connectivity index (χ4n) is 7.55. The van der Waals surface area contributed by atoms with Gasteiger partial charge in [0.2, 0.25) is 0 Å². The second-order valence-electron chi connectivity index (χ2n) is 12.8. The minimum absolute atomic E-state index is 0.854. The Bertz CT molecular complexity index is 2880. The highest BCUT2D eigenvalue weighted by Gasteiger charge is 2.23. The standard InChI is InChI=1S/C47H30N2O/c1-2-12-34-28-35(21-20-31(34)10-1)39-15-5-7-18-44(39)49(36-24-22-33(23-25-36)38-17-9-13-32-11-3-4-14-37(32)38)45-29-42-41-16-6-8-19-46(41)50-47(42)43-30-48-27-26-40(43)45/h1-30H. The minimum atomic E-state index is 0.854. The van der Waals surface area contributed by atoms with Crippen molar-refractivity contribution in [2.24, 2.45) is 0 Å². The van der Waals surface area contributed by atoms with Crippen molar-refractivity contribution in [2.45, 2.75) is 0 Å². The molecule has 0 aliphatic carbocycles. The number of fused-ring (bicyclic) bond motifs is 7. The summed E-state index contributed by atoms with van der Waals surface area (Å²) in [5, 5.41) is 9.13. The third-order valence-electron chi connectivity index (χ3n) is 9.93. The average Bonchev–Trinajstić information content (AvgIpc) is 3.57. The maximum absolute atomic E-state index is 6.49. The van der Waals surface area contributed by atoms with E-state index in [2.05, 4.69) is 168 Å². The van der Waals surface area contributed by atoms with Crippen LogP contribution in [0.15, 0.2) is 187 Å². The summed E-state index contributed by atoms with van der Waals surface area (Å²) in [6.07, 6.45) is 3.80. The lowest BCUT2D eigenvalue weighted by Crippen LogP contribution is -2.12. The van der Waals surface area contributed by atoms with E-state index in [0.29, 0.717) is 0 Å². The molecule has 0 aliphatic heterocycles. The summed E-state index contributed by atoms with van der Waals surface area (Å²) in [4.78, 5) is 6.97. The number of para-hydroxylation sites is 2. The van der Waals surface area contributed by atoms with Crippen LogP contribution in [0, 0.1) is 0 Å². The van der Waals surface area contributed by atoms with E-state index in [1.54, 1.807) is 0 Å². The quantitative estimate of drug-likeness (QED) is 0.188. The van der Waals surface area contributed by atoms with E-state index < -0.39 is 0 Å². The van der Waals surface area contributed by atoms with Crippen molar-refractivity contribution < 1.29 is 4.42 Å². The Morgan fingerprint density at radius 3 is 2.02 bits per heavy atom. The molecule has 234 valence electrons. The molecule has 0 amide bonds. The summed E-state index contributed by atoms with van der Waals surface area (Å²) >= 11 is 0. The zero-order valence-corrected chi connectivity index (χ0v) is 27.1. The lowest BCUT2D eigenvalue weighted by atomic mass is 9.96. The van der Waals surface area contributed by atoms with Gasteiger partial charge in [-0.05, 0) is 80.7 Å². The van der Waals surface area contributed by atoms with Gasteiger partial charge in [-0.1, -0.05) is 127 Å². The molecule has 0 radical (unpaired) electrons. The highest BCUT2D eigenvalue weighted by molar-refractivity contribution is 6.19. The van der Waals surface area contributed by atoms with E-state index in [9.17, 15) is 0 Å². The second-order valence-corrected chi connectivity index (χ2v) is 12.8. The monoisotopic (exact) mass is 638 g/mol. The number of pyridine rings is 1. The Hall–Kier alpha value is -6.71. The third-order valence-corrected chi connectivity index (χ3v) is 9.93. The summed E-state index contributed by atoms with van der Waals surface area (Å²) in [6.45, 7) is 0. The van der Waals surface area contributed by atoms with Crippen LogP contribution in [0.3, 0.4) is 0 Å². The van der Waals surface area contributed by atoms with Crippen molar-refractivity contribution in [3.8, 4) is 22.3 Å². The average molecular weight is 639 g/mol. The normalized spacial score (nSPS) is 11.6. The molecule has 3 heteroatoms. The summed E-state index contributed by atoms with van der Waals surface area (Å²) in [5.41, 5.74) is 9.65. The van der Waals surface area contributed by atoms with Crippen LogP contribution < -0.4 is 4.90 Å². The largest absolute Gasteiger partial charge is 0.455 e. The molecule has 0 atom stereocenters.